The molecule has 3 aromatic rings. The van der Waals surface area contributed by atoms with Gasteiger partial charge in [0.2, 0.25) is 5.91 Å². The van der Waals surface area contributed by atoms with E-state index in [1.54, 1.807) is 25.1 Å². The maximum Gasteiger partial charge on any atom is 0.416 e. The predicted octanol–water partition coefficient (Wildman–Crippen LogP) is 5.87. The van der Waals surface area contributed by atoms with Gasteiger partial charge >= 0.3 is 6.18 Å². The van der Waals surface area contributed by atoms with Crippen LogP contribution in [0.4, 0.5) is 18.9 Å². The standard InChI is InChI=1S/C27H29F3N2O2/c1-18-9-14-22(17-19(18)2)32(16-15-20-10-12-21(13-11-20)27(28,29)30)26(33)25(31-3)23-7-5-6-8-24(23)34-4/h5-14,17,25,31H,15-16H2,1-4H3. The quantitative estimate of drug-likeness (QED) is 0.448. The number of aryl methyl sites for hydroxylation is 2. The van der Waals surface area contributed by atoms with Crippen LogP contribution < -0.4 is 15.0 Å². The molecule has 3 rings (SSSR count). The van der Waals surface area contributed by atoms with Crippen molar-refractivity contribution in [1.82, 2.24) is 5.32 Å². The highest BCUT2D eigenvalue weighted by Gasteiger charge is 2.30. The smallest absolute Gasteiger partial charge is 0.416 e. The van der Waals surface area contributed by atoms with Gasteiger partial charge in [0.1, 0.15) is 11.8 Å². The fraction of sp³-hybridized carbons (Fsp3) is 0.296. The number of ether oxygens (including phenoxy) is 1. The molecule has 3 aromatic carbocycles. The number of nitrogens with zero attached hydrogens (tertiary/aromatic N) is 1. The Balaban J connectivity index is 1.93. The van der Waals surface area contributed by atoms with Gasteiger partial charge in [0.05, 0.1) is 12.7 Å². The molecule has 0 saturated carbocycles. The van der Waals surface area contributed by atoms with Crippen molar-refractivity contribution in [2.75, 3.05) is 25.6 Å². The fourth-order valence-electron chi connectivity index (χ4n) is 3.83. The first-order valence-electron chi connectivity index (χ1n) is 11.0. The third-order valence-electron chi connectivity index (χ3n) is 5.96. The number of hydrogen-bond acceptors (Lipinski definition) is 3. The van der Waals surface area contributed by atoms with E-state index < -0.39 is 17.8 Å². The molecule has 0 radical (unpaired) electrons. The Hall–Kier alpha value is -3.32. The third-order valence-corrected chi connectivity index (χ3v) is 5.96. The Kier molecular flexibility index (Phi) is 7.99. The van der Waals surface area contributed by atoms with Crippen molar-refractivity contribution >= 4 is 11.6 Å². The van der Waals surface area contributed by atoms with E-state index in [-0.39, 0.29) is 5.91 Å². The van der Waals surface area contributed by atoms with Gasteiger partial charge in [-0.25, -0.2) is 0 Å². The largest absolute Gasteiger partial charge is 0.496 e. The van der Waals surface area contributed by atoms with E-state index in [0.717, 1.165) is 28.9 Å². The van der Waals surface area contributed by atoms with Crippen LogP contribution in [0.1, 0.15) is 33.9 Å². The van der Waals surface area contributed by atoms with E-state index in [0.29, 0.717) is 29.8 Å². The third kappa shape index (κ3) is 5.78. The number of rotatable bonds is 8. The lowest BCUT2D eigenvalue weighted by atomic mass is 10.0. The number of amides is 1. The molecule has 1 N–H and O–H groups in total. The van der Waals surface area contributed by atoms with Gasteiger partial charge in [-0.05, 0) is 74.3 Å². The maximum atomic E-state index is 13.8. The number of alkyl halides is 3. The van der Waals surface area contributed by atoms with E-state index >= 15 is 0 Å². The van der Waals surface area contributed by atoms with Crippen LogP contribution in [0.15, 0.2) is 66.7 Å². The SMILES string of the molecule is CNC(C(=O)N(CCc1ccc(C(F)(F)F)cc1)c1ccc(C)c(C)c1)c1ccccc1OC. The molecule has 1 unspecified atom stereocenters. The van der Waals surface area contributed by atoms with Gasteiger partial charge in [-0.1, -0.05) is 36.4 Å². The topological polar surface area (TPSA) is 41.6 Å². The van der Waals surface area contributed by atoms with Gasteiger partial charge in [-0.15, -0.1) is 0 Å². The number of benzene rings is 3. The number of halogens is 3. The van der Waals surface area contributed by atoms with E-state index in [4.69, 9.17) is 4.74 Å². The average molecular weight is 471 g/mol. The highest BCUT2D eigenvalue weighted by atomic mass is 19.4. The zero-order valence-corrected chi connectivity index (χ0v) is 19.7. The first-order valence-corrected chi connectivity index (χ1v) is 11.0. The summed E-state index contributed by atoms with van der Waals surface area (Å²) >= 11 is 0. The molecule has 1 atom stereocenters. The molecule has 0 spiro atoms. The van der Waals surface area contributed by atoms with Crippen LogP contribution in [0.3, 0.4) is 0 Å². The Morgan fingerprint density at radius 2 is 1.68 bits per heavy atom. The minimum Gasteiger partial charge on any atom is -0.496 e. The molecule has 0 aromatic heterocycles. The molecule has 0 aliphatic rings. The van der Waals surface area contributed by atoms with Gasteiger partial charge in [-0.2, -0.15) is 13.2 Å². The second-order valence-corrected chi connectivity index (χ2v) is 8.17. The number of carbonyl (C=O) groups excluding carboxylic acids is 1. The van der Waals surface area contributed by atoms with Gasteiger partial charge in [0, 0.05) is 17.8 Å². The number of methoxy groups -OCH3 is 1. The summed E-state index contributed by atoms with van der Waals surface area (Å²) in [5, 5.41) is 3.10. The molecule has 0 aliphatic carbocycles. The van der Waals surface area contributed by atoms with Crippen LogP contribution in [-0.4, -0.2) is 26.6 Å². The summed E-state index contributed by atoms with van der Waals surface area (Å²) in [7, 11) is 3.27. The van der Waals surface area contributed by atoms with Crippen molar-refractivity contribution in [3.63, 3.8) is 0 Å². The lowest BCUT2D eigenvalue weighted by Crippen LogP contribution is -2.41. The number of anilines is 1. The van der Waals surface area contributed by atoms with E-state index in [1.165, 1.54) is 12.1 Å². The molecule has 7 heteroatoms. The van der Waals surface area contributed by atoms with Crippen molar-refractivity contribution in [3.05, 3.63) is 94.5 Å². The first kappa shape index (κ1) is 25.3. The van der Waals surface area contributed by atoms with Gasteiger partial charge < -0.3 is 15.0 Å². The zero-order chi connectivity index (χ0) is 24.9. The fourth-order valence-corrected chi connectivity index (χ4v) is 3.83. The summed E-state index contributed by atoms with van der Waals surface area (Å²) in [5.74, 6) is 0.417. The highest BCUT2D eigenvalue weighted by Crippen LogP contribution is 2.30. The predicted molar refractivity (Wildman–Crippen MR) is 128 cm³/mol. The van der Waals surface area contributed by atoms with Crippen molar-refractivity contribution in [2.45, 2.75) is 32.5 Å². The van der Waals surface area contributed by atoms with Crippen LogP contribution >= 0.6 is 0 Å². The Bertz CT molecular complexity index is 1130. The van der Waals surface area contributed by atoms with Gasteiger partial charge in [0.15, 0.2) is 0 Å². The lowest BCUT2D eigenvalue weighted by molar-refractivity contribution is -0.137. The molecule has 0 aliphatic heterocycles. The summed E-state index contributed by atoms with van der Waals surface area (Å²) in [6.07, 6.45) is -3.98. The lowest BCUT2D eigenvalue weighted by Gasteiger charge is -2.29. The summed E-state index contributed by atoms with van der Waals surface area (Å²) in [5.41, 5.74) is 3.62. The normalized spacial score (nSPS) is 12.3. The van der Waals surface area contributed by atoms with Gasteiger partial charge in [-0.3, -0.25) is 4.79 Å². The molecule has 1 amide bonds. The van der Waals surface area contributed by atoms with Crippen molar-refractivity contribution in [2.24, 2.45) is 0 Å². The minimum absolute atomic E-state index is 0.179. The molecule has 0 fully saturated rings. The Labute approximate surface area is 198 Å². The summed E-state index contributed by atoms with van der Waals surface area (Å²) in [4.78, 5) is 15.5. The van der Waals surface area contributed by atoms with Crippen LogP contribution in [0.5, 0.6) is 5.75 Å². The van der Waals surface area contributed by atoms with E-state index in [2.05, 4.69) is 5.32 Å². The van der Waals surface area contributed by atoms with Crippen LogP contribution in [0, 0.1) is 13.8 Å². The second kappa shape index (κ2) is 10.7. The Morgan fingerprint density at radius 3 is 2.26 bits per heavy atom. The summed E-state index contributed by atoms with van der Waals surface area (Å²) < 4.78 is 44.2. The molecular weight excluding hydrogens is 441 g/mol. The van der Waals surface area contributed by atoms with Crippen LogP contribution in [-0.2, 0) is 17.4 Å². The number of likely N-dealkylation sites (N-methyl/N-ethyl adjacent to an activating group) is 1. The zero-order valence-electron chi connectivity index (χ0n) is 19.7. The summed E-state index contributed by atoms with van der Waals surface area (Å²) in [6, 6.07) is 17.5. The monoisotopic (exact) mass is 470 g/mol. The molecule has 180 valence electrons. The van der Waals surface area contributed by atoms with Crippen LogP contribution in [0.2, 0.25) is 0 Å². The molecule has 0 bridgehead atoms. The molecule has 34 heavy (non-hydrogen) atoms. The average Bonchev–Trinajstić information content (AvgIpc) is 2.82. The molecule has 0 heterocycles. The Morgan fingerprint density at radius 1 is 1.00 bits per heavy atom. The van der Waals surface area contributed by atoms with Crippen LogP contribution in [0.25, 0.3) is 0 Å². The number of nitrogens with one attached hydrogen (secondary N) is 1. The second-order valence-electron chi connectivity index (χ2n) is 8.17. The molecular formula is C27H29F3N2O2. The number of hydrogen-bond donors (Lipinski definition) is 1. The maximum absolute atomic E-state index is 13.8. The molecule has 0 saturated heterocycles. The minimum atomic E-state index is -4.38. The van der Waals surface area contributed by atoms with Gasteiger partial charge in [0.25, 0.3) is 0 Å². The van der Waals surface area contributed by atoms with Crippen molar-refractivity contribution < 1.29 is 22.7 Å². The highest BCUT2D eigenvalue weighted by molar-refractivity contribution is 5.98. The van der Waals surface area contributed by atoms with E-state index in [9.17, 15) is 18.0 Å². The summed E-state index contributed by atoms with van der Waals surface area (Å²) in [6.45, 7) is 4.28. The number of para-hydroxylation sites is 1. The number of carbonyl (C=O) groups is 1. The molecule has 4 nitrogen and oxygen atoms in total. The first-order chi connectivity index (χ1) is 16.2. The van der Waals surface area contributed by atoms with E-state index in [1.807, 2.05) is 50.2 Å². The van der Waals surface area contributed by atoms with Crippen molar-refractivity contribution in [1.29, 1.82) is 0 Å². The van der Waals surface area contributed by atoms with Crippen molar-refractivity contribution in [3.8, 4) is 5.75 Å².